The highest BCUT2D eigenvalue weighted by Crippen LogP contribution is 2.26. The van der Waals surface area contributed by atoms with Gasteiger partial charge >= 0.3 is 5.97 Å². The number of carbonyl (C=O) groups is 2. The van der Waals surface area contributed by atoms with Crippen molar-refractivity contribution in [2.24, 2.45) is 0 Å². The number of hydrogen-bond acceptors (Lipinski definition) is 6. The number of halogens is 1. The summed E-state index contributed by atoms with van der Waals surface area (Å²) in [6.45, 7) is 2.65. The molecule has 25 heavy (non-hydrogen) atoms. The van der Waals surface area contributed by atoms with E-state index < -0.39 is 5.97 Å². The van der Waals surface area contributed by atoms with Gasteiger partial charge in [-0.15, -0.1) is 0 Å². The molecule has 0 aliphatic rings. The lowest BCUT2D eigenvalue weighted by Crippen LogP contribution is -2.25. The molecule has 0 saturated carbocycles. The molecular weight excluding hydrogens is 344 g/mol. The highest BCUT2D eigenvalue weighted by atomic mass is 35.5. The molecule has 1 aromatic heterocycles. The summed E-state index contributed by atoms with van der Waals surface area (Å²) in [7, 11) is 1.31. The molecule has 0 spiro atoms. The van der Waals surface area contributed by atoms with Crippen molar-refractivity contribution < 1.29 is 14.3 Å². The molecule has 2 aromatic rings. The van der Waals surface area contributed by atoms with Crippen LogP contribution in [0, 0.1) is 0 Å². The Morgan fingerprint density at radius 1 is 1.24 bits per heavy atom. The maximum atomic E-state index is 11.9. The summed E-state index contributed by atoms with van der Waals surface area (Å²) in [6.07, 6.45) is 4.71. The number of nitrogens with zero attached hydrogens (tertiary/aromatic N) is 2. The number of methoxy groups -OCH3 is 1. The average Bonchev–Trinajstić information content (AvgIpc) is 2.63. The molecule has 7 nitrogen and oxygen atoms in total. The molecule has 2 N–H and O–H groups in total. The fraction of sp³-hybridized carbons (Fsp3) is 0.294. The van der Waals surface area contributed by atoms with Crippen molar-refractivity contribution >= 4 is 35.0 Å². The third kappa shape index (κ3) is 5.15. The Balaban J connectivity index is 2.08. The van der Waals surface area contributed by atoms with Crippen molar-refractivity contribution in [3.05, 3.63) is 46.9 Å². The van der Waals surface area contributed by atoms with Crippen LogP contribution >= 0.6 is 11.6 Å². The lowest BCUT2D eigenvalue weighted by molar-refractivity contribution is 0.0600. The third-order valence-corrected chi connectivity index (χ3v) is 3.68. The number of unbranched alkanes of at least 4 members (excludes halogenated alkanes) is 1. The van der Waals surface area contributed by atoms with E-state index in [9.17, 15) is 9.59 Å². The number of nitrogens with one attached hydrogen (secondary N) is 2. The molecule has 1 aromatic carbocycles. The van der Waals surface area contributed by atoms with E-state index in [1.807, 2.05) is 6.92 Å². The molecule has 0 bridgehead atoms. The Morgan fingerprint density at radius 3 is 2.68 bits per heavy atom. The van der Waals surface area contributed by atoms with E-state index in [0.29, 0.717) is 28.6 Å². The Hall–Kier alpha value is -2.67. The quantitative estimate of drug-likeness (QED) is 0.580. The average molecular weight is 363 g/mol. The van der Waals surface area contributed by atoms with Crippen molar-refractivity contribution in [2.45, 2.75) is 19.8 Å². The van der Waals surface area contributed by atoms with Gasteiger partial charge in [-0.1, -0.05) is 24.9 Å². The molecule has 0 saturated heterocycles. The van der Waals surface area contributed by atoms with Gasteiger partial charge in [0.2, 0.25) is 0 Å². The fourth-order valence-electron chi connectivity index (χ4n) is 1.98. The normalized spacial score (nSPS) is 10.2. The van der Waals surface area contributed by atoms with E-state index in [-0.39, 0.29) is 11.6 Å². The number of esters is 1. The summed E-state index contributed by atoms with van der Waals surface area (Å²) in [6, 6.07) is 4.70. The van der Waals surface area contributed by atoms with E-state index in [4.69, 9.17) is 11.6 Å². The van der Waals surface area contributed by atoms with Crippen molar-refractivity contribution in [1.82, 2.24) is 15.3 Å². The Labute approximate surface area is 150 Å². The molecule has 0 aliphatic carbocycles. The fourth-order valence-corrected chi connectivity index (χ4v) is 2.15. The van der Waals surface area contributed by atoms with Gasteiger partial charge in [-0.2, -0.15) is 0 Å². The van der Waals surface area contributed by atoms with Crippen LogP contribution < -0.4 is 10.6 Å². The molecule has 1 heterocycles. The van der Waals surface area contributed by atoms with Gasteiger partial charge in [0.25, 0.3) is 5.91 Å². The maximum Gasteiger partial charge on any atom is 0.337 e. The minimum atomic E-state index is -0.468. The lowest BCUT2D eigenvalue weighted by Gasteiger charge is -2.09. The van der Waals surface area contributed by atoms with Gasteiger partial charge in [-0.3, -0.25) is 4.79 Å². The molecule has 0 unspecified atom stereocenters. The van der Waals surface area contributed by atoms with Crippen LogP contribution in [0.5, 0.6) is 0 Å². The zero-order valence-corrected chi connectivity index (χ0v) is 14.8. The first-order valence-corrected chi connectivity index (χ1v) is 8.18. The van der Waals surface area contributed by atoms with Gasteiger partial charge in [0, 0.05) is 6.54 Å². The first-order valence-electron chi connectivity index (χ1n) is 7.80. The molecule has 1 amide bonds. The zero-order chi connectivity index (χ0) is 18.2. The van der Waals surface area contributed by atoms with Crippen LogP contribution in [0.1, 0.15) is 40.6 Å². The molecule has 0 fully saturated rings. The predicted molar refractivity (Wildman–Crippen MR) is 95.3 cm³/mol. The molecule has 0 atom stereocenters. The molecule has 2 rings (SSSR count). The SMILES string of the molecule is CCCCNC(=O)c1cnc(Nc2cc(C(=O)OC)ccc2Cl)cn1. The van der Waals surface area contributed by atoms with Crippen molar-refractivity contribution in [3.63, 3.8) is 0 Å². The molecule has 0 aliphatic heterocycles. The van der Waals surface area contributed by atoms with Gasteiger partial charge in [0.15, 0.2) is 0 Å². The monoisotopic (exact) mass is 362 g/mol. The highest BCUT2D eigenvalue weighted by molar-refractivity contribution is 6.33. The van der Waals surface area contributed by atoms with Crippen LogP contribution in [0.3, 0.4) is 0 Å². The Bertz CT molecular complexity index is 750. The third-order valence-electron chi connectivity index (χ3n) is 3.35. The van der Waals surface area contributed by atoms with Gasteiger partial charge in [-0.25, -0.2) is 14.8 Å². The number of hydrogen-bond donors (Lipinski definition) is 2. The minimum Gasteiger partial charge on any atom is -0.465 e. The van der Waals surface area contributed by atoms with E-state index in [1.54, 1.807) is 18.2 Å². The standard InChI is InChI=1S/C17H19ClN4O3/c1-3-4-7-19-16(23)14-9-21-15(10-20-14)22-13-8-11(17(24)25-2)5-6-12(13)18/h5-6,8-10H,3-4,7H2,1-2H3,(H,19,23)(H,21,22). The smallest absolute Gasteiger partial charge is 0.337 e. The zero-order valence-electron chi connectivity index (χ0n) is 14.0. The van der Waals surface area contributed by atoms with Crippen molar-refractivity contribution in [3.8, 4) is 0 Å². The second kappa shape index (κ2) is 8.98. The predicted octanol–water partition coefficient (Wildman–Crippen LogP) is 3.19. The van der Waals surface area contributed by atoms with Crippen LogP contribution in [-0.4, -0.2) is 35.5 Å². The van der Waals surface area contributed by atoms with E-state index >= 15 is 0 Å². The van der Waals surface area contributed by atoms with E-state index in [1.165, 1.54) is 19.5 Å². The van der Waals surface area contributed by atoms with Crippen LogP contribution in [0.2, 0.25) is 5.02 Å². The van der Waals surface area contributed by atoms with Crippen molar-refractivity contribution in [2.75, 3.05) is 19.0 Å². The molecular formula is C17H19ClN4O3. The number of aromatic nitrogens is 2. The van der Waals surface area contributed by atoms with Crippen LogP contribution in [0.25, 0.3) is 0 Å². The number of benzene rings is 1. The first-order chi connectivity index (χ1) is 12.0. The first kappa shape index (κ1) is 18.7. The summed E-state index contributed by atoms with van der Waals surface area (Å²) >= 11 is 6.12. The summed E-state index contributed by atoms with van der Waals surface area (Å²) in [5.41, 5.74) is 1.07. The number of rotatable bonds is 7. The number of carbonyl (C=O) groups excluding carboxylic acids is 2. The number of amides is 1. The van der Waals surface area contributed by atoms with E-state index in [0.717, 1.165) is 12.8 Å². The highest BCUT2D eigenvalue weighted by Gasteiger charge is 2.11. The molecule has 0 radical (unpaired) electrons. The largest absolute Gasteiger partial charge is 0.465 e. The summed E-state index contributed by atoms with van der Waals surface area (Å²) in [5, 5.41) is 6.15. The Morgan fingerprint density at radius 2 is 2.04 bits per heavy atom. The van der Waals surface area contributed by atoms with Gasteiger partial charge < -0.3 is 15.4 Å². The second-order valence-corrected chi connectivity index (χ2v) is 5.61. The van der Waals surface area contributed by atoms with Crippen LogP contribution in [-0.2, 0) is 4.74 Å². The summed E-state index contributed by atoms with van der Waals surface area (Å²) < 4.78 is 4.68. The van der Waals surface area contributed by atoms with Gasteiger partial charge in [0.1, 0.15) is 11.5 Å². The van der Waals surface area contributed by atoms with Crippen LogP contribution in [0.4, 0.5) is 11.5 Å². The summed E-state index contributed by atoms with van der Waals surface area (Å²) in [4.78, 5) is 31.7. The maximum absolute atomic E-state index is 11.9. The summed E-state index contributed by atoms with van der Waals surface area (Å²) in [5.74, 6) is -0.336. The minimum absolute atomic E-state index is 0.232. The van der Waals surface area contributed by atoms with Crippen molar-refractivity contribution in [1.29, 1.82) is 0 Å². The molecule has 8 heteroatoms. The topological polar surface area (TPSA) is 93.2 Å². The number of anilines is 2. The molecule has 132 valence electrons. The number of ether oxygens (including phenoxy) is 1. The Kier molecular flexibility index (Phi) is 6.71. The van der Waals surface area contributed by atoms with Crippen LogP contribution in [0.15, 0.2) is 30.6 Å². The second-order valence-electron chi connectivity index (χ2n) is 5.21. The van der Waals surface area contributed by atoms with E-state index in [2.05, 4.69) is 25.3 Å². The van der Waals surface area contributed by atoms with Gasteiger partial charge in [-0.05, 0) is 24.6 Å². The van der Waals surface area contributed by atoms with Gasteiger partial charge in [0.05, 0.1) is 35.8 Å². The lowest BCUT2D eigenvalue weighted by atomic mass is 10.2.